The summed E-state index contributed by atoms with van der Waals surface area (Å²) in [5.41, 5.74) is 0. The molecule has 11 heavy (non-hydrogen) atoms. The Kier molecular flexibility index (Phi) is 4.22. The number of alkyl halides is 3. The SMILES string of the molecule is CC[Si](Cl)(Cl)CCC(F)(F)F. The third kappa shape index (κ3) is 6.96. The Bertz CT molecular complexity index is 123. The molecule has 0 nitrogen and oxygen atoms in total. The summed E-state index contributed by atoms with van der Waals surface area (Å²) < 4.78 is 34.9. The van der Waals surface area contributed by atoms with Crippen molar-refractivity contribution < 1.29 is 13.2 Å². The van der Waals surface area contributed by atoms with Crippen LogP contribution < -0.4 is 0 Å². The van der Waals surface area contributed by atoms with Crippen LogP contribution in [-0.2, 0) is 0 Å². The molecule has 0 spiro atoms. The first-order valence-electron chi connectivity index (χ1n) is 3.21. The highest BCUT2D eigenvalue weighted by Crippen LogP contribution is 2.32. The van der Waals surface area contributed by atoms with Crippen LogP contribution in [0.15, 0.2) is 0 Å². The topological polar surface area (TPSA) is 0 Å². The predicted molar refractivity (Wildman–Crippen MR) is 43.4 cm³/mol. The van der Waals surface area contributed by atoms with Gasteiger partial charge in [0.05, 0.1) is 0 Å². The van der Waals surface area contributed by atoms with Gasteiger partial charge in [0.2, 0.25) is 0 Å². The molecule has 0 fully saturated rings. The van der Waals surface area contributed by atoms with Gasteiger partial charge in [-0.05, 0) is 12.1 Å². The summed E-state index contributed by atoms with van der Waals surface area (Å²) in [6, 6.07) is 0.363. The Morgan fingerprint density at radius 3 is 2.00 bits per heavy atom. The minimum atomic E-state index is -4.13. The maximum atomic E-state index is 11.6. The monoisotopic (exact) mass is 224 g/mol. The molecular formula is C5H9Cl2F3Si. The van der Waals surface area contributed by atoms with Crippen LogP contribution in [0.5, 0.6) is 0 Å². The smallest absolute Gasteiger partial charge is 0.171 e. The summed E-state index contributed by atoms with van der Waals surface area (Å²) >= 11 is 11.3. The zero-order valence-electron chi connectivity index (χ0n) is 6.01. The van der Waals surface area contributed by atoms with Crippen molar-refractivity contribution >= 4 is 28.9 Å². The van der Waals surface area contributed by atoms with E-state index in [4.69, 9.17) is 22.2 Å². The molecule has 68 valence electrons. The van der Waals surface area contributed by atoms with Crippen LogP contribution in [0.1, 0.15) is 13.3 Å². The van der Waals surface area contributed by atoms with Gasteiger partial charge in [-0.3, -0.25) is 0 Å². The fraction of sp³-hybridized carbons (Fsp3) is 1.00. The Morgan fingerprint density at radius 1 is 1.27 bits per heavy atom. The molecule has 0 rings (SSSR count). The van der Waals surface area contributed by atoms with Gasteiger partial charge >= 0.3 is 6.18 Å². The summed E-state index contributed by atoms with van der Waals surface area (Å²) in [6.45, 7) is -0.852. The Morgan fingerprint density at radius 2 is 1.73 bits per heavy atom. The van der Waals surface area contributed by atoms with E-state index in [2.05, 4.69) is 0 Å². The molecule has 0 radical (unpaired) electrons. The maximum absolute atomic E-state index is 11.6. The second-order valence-electron chi connectivity index (χ2n) is 2.32. The first kappa shape index (κ1) is 11.6. The minimum absolute atomic E-state index is 0.101. The highest BCUT2D eigenvalue weighted by atomic mass is 35.7. The normalized spacial score (nSPS) is 13.6. The van der Waals surface area contributed by atoms with Gasteiger partial charge in [-0.1, -0.05) is 6.92 Å². The zero-order valence-corrected chi connectivity index (χ0v) is 8.52. The van der Waals surface area contributed by atoms with Gasteiger partial charge in [-0.25, -0.2) is 0 Å². The first-order valence-corrected chi connectivity index (χ1v) is 7.65. The molecule has 0 saturated carbocycles. The lowest BCUT2D eigenvalue weighted by Gasteiger charge is -2.14. The molecule has 0 heterocycles. The van der Waals surface area contributed by atoms with Crippen molar-refractivity contribution in [2.75, 3.05) is 0 Å². The molecule has 0 saturated heterocycles. The molecule has 0 aliphatic rings. The van der Waals surface area contributed by atoms with Crippen LogP contribution in [0.4, 0.5) is 13.2 Å². The lowest BCUT2D eigenvalue weighted by Crippen LogP contribution is -2.21. The van der Waals surface area contributed by atoms with Crippen molar-refractivity contribution in [2.45, 2.75) is 31.6 Å². The van der Waals surface area contributed by atoms with E-state index in [1.807, 2.05) is 0 Å². The summed E-state index contributed by atoms with van der Waals surface area (Å²) in [7, 11) is 0. The van der Waals surface area contributed by atoms with Crippen LogP contribution >= 0.6 is 22.2 Å². The summed E-state index contributed by atoms with van der Waals surface area (Å²) in [6.07, 6.45) is -4.99. The van der Waals surface area contributed by atoms with Crippen LogP contribution in [-0.4, -0.2) is 12.9 Å². The van der Waals surface area contributed by atoms with Crippen LogP contribution in [0.2, 0.25) is 12.1 Å². The van der Waals surface area contributed by atoms with Gasteiger partial charge in [0.15, 0.2) is 0 Å². The molecule has 0 aromatic rings. The van der Waals surface area contributed by atoms with Gasteiger partial charge in [0, 0.05) is 6.42 Å². The minimum Gasteiger partial charge on any atom is -0.171 e. The number of hydrogen-bond acceptors (Lipinski definition) is 0. The summed E-state index contributed by atoms with van der Waals surface area (Å²) in [5, 5.41) is 0. The van der Waals surface area contributed by atoms with E-state index in [0.717, 1.165) is 0 Å². The Balaban J connectivity index is 3.70. The quantitative estimate of drug-likeness (QED) is 0.505. The van der Waals surface area contributed by atoms with Gasteiger partial charge in [0.1, 0.15) is 0 Å². The van der Waals surface area contributed by atoms with Crippen molar-refractivity contribution in [3.05, 3.63) is 0 Å². The molecule has 0 aliphatic heterocycles. The van der Waals surface area contributed by atoms with Crippen molar-refractivity contribution in [3.8, 4) is 0 Å². The lowest BCUT2D eigenvalue weighted by atomic mass is 10.5. The Hall–Kier alpha value is 0.587. The van der Waals surface area contributed by atoms with Crippen molar-refractivity contribution in [2.24, 2.45) is 0 Å². The standard InChI is InChI=1S/C5H9Cl2F3Si/c1-2-11(6,7)4-3-5(8,9)10/h2-4H2,1H3. The number of hydrogen-bond donors (Lipinski definition) is 0. The fourth-order valence-corrected chi connectivity index (χ4v) is 2.07. The van der Waals surface area contributed by atoms with Crippen molar-refractivity contribution in [1.82, 2.24) is 0 Å². The molecule has 0 aliphatic carbocycles. The van der Waals surface area contributed by atoms with Crippen molar-refractivity contribution in [1.29, 1.82) is 0 Å². The van der Waals surface area contributed by atoms with Crippen LogP contribution in [0.25, 0.3) is 0 Å². The molecule has 0 N–H and O–H groups in total. The van der Waals surface area contributed by atoms with Crippen LogP contribution in [0, 0.1) is 0 Å². The van der Waals surface area contributed by atoms with E-state index >= 15 is 0 Å². The first-order chi connectivity index (χ1) is 4.77. The average Bonchev–Trinajstić information content (AvgIpc) is 1.83. The number of rotatable bonds is 3. The largest absolute Gasteiger partial charge is 0.388 e. The van der Waals surface area contributed by atoms with E-state index in [1.54, 1.807) is 6.92 Å². The van der Waals surface area contributed by atoms with Crippen LogP contribution in [0.3, 0.4) is 0 Å². The van der Waals surface area contributed by atoms with Gasteiger partial charge in [0.25, 0.3) is 6.69 Å². The third-order valence-corrected chi connectivity index (χ3v) is 6.04. The van der Waals surface area contributed by atoms with E-state index in [1.165, 1.54) is 0 Å². The second-order valence-corrected chi connectivity index (χ2v) is 10.2. The molecule has 0 unspecified atom stereocenters. The molecular weight excluding hydrogens is 216 g/mol. The average molecular weight is 225 g/mol. The maximum Gasteiger partial charge on any atom is 0.388 e. The summed E-state index contributed by atoms with van der Waals surface area (Å²) in [4.78, 5) is 0. The highest BCUT2D eigenvalue weighted by molar-refractivity contribution is 7.45. The predicted octanol–water partition coefficient (Wildman–Crippen LogP) is 3.88. The second kappa shape index (κ2) is 4.01. The molecule has 0 aromatic carbocycles. The van der Waals surface area contributed by atoms with Gasteiger partial charge in [-0.2, -0.15) is 13.2 Å². The van der Waals surface area contributed by atoms with E-state index in [9.17, 15) is 13.2 Å². The lowest BCUT2D eigenvalue weighted by molar-refractivity contribution is -0.130. The van der Waals surface area contributed by atoms with Gasteiger partial charge < -0.3 is 0 Å². The zero-order chi connectivity index (χ0) is 9.12. The molecule has 6 heteroatoms. The summed E-state index contributed by atoms with van der Waals surface area (Å²) in [5.74, 6) is 0. The molecule has 0 aromatic heterocycles. The fourth-order valence-electron chi connectivity index (χ4n) is 0.501. The van der Waals surface area contributed by atoms with E-state index < -0.39 is 19.3 Å². The molecule has 0 bridgehead atoms. The van der Waals surface area contributed by atoms with Gasteiger partial charge in [-0.15, -0.1) is 22.2 Å². The molecule has 0 amide bonds. The highest BCUT2D eigenvalue weighted by Gasteiger charge is 2.34. The number of halogens is 5. The van der Waals surface area contributed by atoms with E-state index in [0.29, 0.717) is 6.04 Å². The van der Waals surface area contributed by atoms with Crippen molar-refractivity contribution in [3.63, 3.8) is 0 Å². The third-order valence-electron chi connectivity index (χ3n) is 1.29. The van der Waals surface area contributed by atoms with E-state index in [-0.39, 0.29) is 6.04 Å². The Labute approximate surface area is 74.1 Å². The molecule has 0 atom stereocenters.